The molecule has 4 rings (SSSR count). The van der Waals surface area contributed by atoms with Gasteiger partial charge in [0.05, 0.1) is 12.4 Å². The number of aryl methyl sites for hydroxylation is 3. The molecule has 0 aliphatic carbocycles. The van der Waals surface area contributed by atoms with E-state index in [0.29, 0.717) is 23.4 Å². The summed E-state index contributed by atoms with van der Waals surface area (Å²) < 4.78 is 4.52. The number of fused-ring (bicyclic) bond motifs is 1. The maximum atomic E-state index is 12.5. The number of carbonyl (C=O) groups is 1. The van der Waals surface area contributed by atoms with E-state index in [1.807, 2.05) is 18.2 Å². The van der Waals surface area contributed by atoms with E-state index in [2.05, 4.69) is 32.6 Å². The van der Waals surface area contributed by atoms with Gasteiger partial charge in [0, 0.05) is 19.7 Å². The molecule has 9 nitrogen and oxygen atoms in total. The third-order valence-corrected chi connectivity index (χ3v) is 4.47. The zero-order valence-electron chi connectivity index (χ0n) is 15.3. The van der Waals surface area contributed by atoms with E-state index in [0.717, 1.165) is 6.42 Å². The highest BCUT2D eigenvalue weighted by Gasteiger charge is 2.12. The van der Waals surface area contributed by atoms with Gasteiger partial charge in [0.15, 0.2) is 5.65 Å². The van der Waals surface area contributed by atoms with Gasteiger partial charge in [-0.25, -0.2) is 9.67 Å². The molecule has 0 fully saturated rings. The molecular weight excluding hydrogens is 358 g/mol. The van der Waals surface area contributed by atoms with Gasteiger partial charge in [-0.3, -0.25) is 18.8 Å². The molecule has 0 aliphatic heterocycles. The second kappa shape index (κ2) is 7.47. The summed E-state index contributed by atoms with van der Waals surface area (Å²) in [6, 6.07) is 11.8. The highest BCUT2D eigenvalue weighted by atomic mass is 16.2. The lowest BCUT2D eigenvalue weighted by atomic mass is 10.1. The Balaban J connectivity index is 1.44. The van der Waals surface area contributed by atoms with Crippen LogP contribution in [0, 0.1) is 0 Å². The third kappa shape index (κ3) is 3.54. The van der Waals surface area contributed by atoms with Gasteiger partial charge in [-0.2, -0.15) is 10.2 Å². The van der Waals surface area contributed by atoms with Crippen LogP contribution in [0.3, 0.4) is 0 Å². The van der Waals surface area contributed by atoms with Crippen molar-refractivity contribution < 1.29 is 4.79 Å². The summed E-state index contributed by atoms with van der Waals surface area (Å²) >= 11 is 0. The summed E-state index contributed by atoms with van der Waals surface area (Å²) in [6.45, 7) is 0.496. The molecule has 9 heteroatoms. The number of nitrogens with one attached hydrogen (secondary N) is 1. The molecule has 28 heavy (non-hydrogen) atoms. The van der Waals surface area contributed by atoms with E-state index in [4.69, 9.17) is 0 Å². The van der Waals surface area contributed by atoms with Gasteiger partial charge < -0.3 is 5.32 Å². The fraction of sp³-hybridized carbons (Fsp3) is 0.211. The number of carbonyl (C=O) groups excluding carboxylic acids is 1. The first kappa shape index (κ1) is 17.7. The number of rotatable bonds is 6. The lowest BCUT2D eigenvalue weighted by molar-refractivity contribution is -0.116. The van der Waals surface area contributed by atoms with E-state index in [1.54, 1.807) is 24.0 Å². The first-order chi connectivity index (χ1) is 13.6. The van der Waals surface area contributed by atoms with Gasteiger partial charge in [0.2, 0.25) is 5.91 Å². The number of aromatic nitrogens is 6. The van der Waals surface area contributed by atoms with Crippen LogP contribution in [-0.2, 0) is 31.4 Å². The second-order valence-electron chi connectivity index (χ2n) is 6.41. The minimum Gasteiger partial charge on any atom is -0.309 e. The third-order valence-electron chi connectivity index (χ3n) is 4.47. The molecule has 0 bridgehead atoms. The average molecular weight is 377 g/mol. The van der Waals surface area contributed by atoms with Crippen LogP contribution in [0.1, 0.15) is 5.56 Å². The van der Waals surface area contributed by atoms with Gasteiger partial charge in [0.1, 0.15) is 24.1 Å². The number of hydrogen-bond acceptors (Lipinski definition) is 5. The van der Waals surface area contributed by atoms with Crippen molar-refractivity contribution in [2.75, 3.05) is 5.32 Å². The number of amides is 1. The van der Waals surface area contributed by atoms with Gasteiger partial charge in [-0.1, -0.05) is 30.3 Å². The Morgan fingerprint density at radius 2 is 1.96 bits per heavy atom. The largest absolute Gasteiger partial charge is 0.309 e. The Morgan fingerprint density at radius 1 is 1.14 bits per heavy atom. The van der Waals surface area contributed by atoms with Crippen LogP contribution in [-0.4, -0.2) is 35.0 Å². The Labute approximate surface area is 160 Å². The molecule has 3 heterocycles. The highest BCUT2D eigenvalue weighted by molar-refractivity contribution is 5.89. The SMILES string of the molecule is Cn1ncc2c(=O)n(CC(=O)Nc3ccnn3CCc3ccccc3)cnc21. The number of nitrogens with zero attached hydrogens (tertiary/aromatic N) is 6. The molecule has 0 saturated carbocycles. The maximum Gasteiger partial charge on any atom is 0.264 e. The first-order valence-electron chi connectivity index (χ1n) is 8.84. The van der Waals surface area contributed by atoms with Crippen LogP contribution in [0.4, 0.5) is 5.82 Å². The van der Waals surface area contributed by atoms with Crippen molar-refractivity contribution in [2.45, 2.75) is 19.5 Å². The Bertz CT molecular complexity index is 1170. The molecule has 3 aromatic heterocycles. The van der Waals surface area contributed by atoms with Crippen LogP contribution >= 0.6 is 0 Å². The van der Waals surface area contributed by atoms with E-state index >= 15 is 0 Å². The molecular formula is C19H19N7O2. The van der Waals surface area contributed by atoms with Crippen molar-refractivity contribution in [1.82, 2.24) is 29.1 Å². The van der Waals surface area contributed by atoms with Crippen LogP contribution in [0.15, 0.2) is 59.9 Å². The zero-order chi connectivity index (χ0) is 19.5. The van der Waals surface area contributed by atoms with Crippen LogP contribution in [0.5, 0.6) is 0 Å². The summed E-state index contributed by atoms with van der Waals surface area (Å²) in [5.41, 5.74) is 1.38. The van der Waals surface area contributed by atoms with Crippen molar-refractivity contribution in [3.8, 4) is 0 Å². The number of benzene rings is 1. The standard InChI is InChI=1S/C19H19N7O2/c1-24-18-15(11-22-24)19(28)25(13-20-18)12-17(27)23-16-7-9-21-26(16)10-8-14-5-3-2-4-6-14/h2-7,9,11,13H,8,10,12H2,1H3,(H,23,27). The van der Waals surface area contributed by atoms with Crippen molar-refractivity contribution in [1.29, 1.82) is 0 Å². The lowest BCUT2D eigenvalue weighted by Gasteiger charge is -2.10. The molecule has 0 atom stereocenters. The van der Waals surface area contributed by atoms with Crippen LogP contribution in [0.25, 0.3) is 11.0 Å². The van der Waals surface area contributed by atoms with E-state index in [9.17, 15) is 9.59 Å². The predicted molar refractivity (Wildman–Crippen MR) is 104 cm³/mol. The Morgan fingerprint density at radius 3 is 2.79 bits per heavy atom. The summed E-state index contributed by atoms with van der Waals surface area (Å²) in [6.07, 6.45) is 5.25. The fourth-order valence-corrected chi connectivity index (χ4v) is 3.01. The molecule has 0 saturated heterocycles. The molecule has 0 unspecified atom stereocenters. The maximum absolute atomic E-state index is 12.5. The van der Waals surface area contributed by atoms with Crippen molar-refractivity contribution in [3.63, 3.8) is 0 Å². The van der Waals surface area contributed by atoms with Crippen molar-refractivity contribution >= 4 is 22.8 Å². The molecule has 1 aromatic carbocycles. The summed E-state index contributed by atoms with van der Waals surface area (Å²) in [5.74, 6) is 0.262. The first-order valence-corrected chi connectivity index (χ1v) is 8.84. The van der Waals surface area contributed by atoms with Crippen LogP contribution in [0.2, 0.25) is 0 Å². The Hall–Kier alpha value is -3.75. The normalized spacial score (nSPS) is 11.0. The predicted octanol–water partition coefficient (Wildman–Crippen LogP) is 1.21. The minimum absolute atomic E-state index is 0.138. The molecule has 0 radical (unpaired) electrons. The van der Waals surface area contributed by atoms with E-state index in [-0.39, 0.29) is 18.0 Å². The minimum atomic E-state index is -0.325. The van der Waals surface area contributed by atoms with Gasteiger partial charge >= 0.3 is 0 Å². The van der Waals surface area contributed by atoms with Gasteiger partial charge in [0.25, 0.3) is 5.56 Å². The molecule has 4 aromatic rings. The Kier molecular flexibility index (Phi) is 4.71. The quantitative estimate of drug-likeness (QED) is 0.544. The molecule has 1 amide bonds. The molecule has 142 valence electrons. The number of hydrogen-bond donors (Lipinski definition) is 1. The summed E-state index contributed by atoms with van der Waals surface area (Å²) in [5, 5.41) is 11.5. The zero-order valence-corrected chi connectivity index (χ0v) is 15.3. The average Bonchev–Trinajstić information content (AvgIpc) is 3.30. The topological polar surface area (TPSA) is 99.6 Å². The lowest BCUT2D eigenvalue weighted by Crippen LogP contribution is -2.28. The molecule has 1 N–H and O–H groups in total. The van der Waals surface area contributed by atoms with Crippen molar-refractivity contribution in [2.24, 2.45) is 7.05 Å². The highest BCUT2D eigenvalue weighted by Crippen LogP contribution is 2.09. The molecule has 0 spiro atoms. The smallest absolute Gasteiger partial charge is 0.264 e. The van der Waals surface area contributed by atoms with Gasteiger partial charge in [-0.05, 0) is 12.0 Å². The van der Waals surface area contributed by atoms with Gasteiger partial charge in [-0.15, -0.1) is 0 Å². The summed E-state index contributed by atoms with van der Waals surface area (Å²) in [4.78, 5) is 29.1. The summed E-state index contributed by atoms with van der Waals surface area (Å²) in [7, 11) is 1.71. The van der Waals surface area contributed by atoms with E-state index in [1.165, 1.54) is 27.3 Å². The fourth-order valence-electron chi connectivity index (χ4n) is 3.01. The number of anilines is 1. The molecule has 0 aliphatic rings. The van der Waals surface area contributed by atoms with Crippen LogP contribution < -0.4 is 10.9 Å². The monoisotopic (exact) mass is 377 g/mol. The second-order valence-corrected chi connectivity index (χ2v) is 6.41. The van der Waals surface area contributed by atoms with E-state index < -0.39 is 0 Å². The van der Waals surface area contributed by atoms with Crippen molar-refractivity contribution in [3.05, 3.63) is 71.0 Å².